The predicted molar refractivity (Wildman–Crippen MR) is 48.8 cm³/mol. The fraction of sp³-hybridized carbons (Fsp3) is 0.125. The van der Waals surface area contributed by atoms with Gasteiger partial charge in [0.25, 0.3) is 5.69 Å². The van der Waals surface area contributed by atoms with Crippen molar-refractivity contribution in [1.29, 1.82) is 0 Å². The molecule has 0 saturated heterocycles. The van der Waals surface area contributed by atoms with Gasteiger partial charge in [-0.15, -0.1) is 0 Å². The van der Waals surface area contributed by atoms with E-state index in [1.807, 2.05) is 0 Å². The number of nitro groups is 1. The second-order valence-corrected chi connectivity index (χ2v) is 2.64. The van der Waals surface area contributed by atoms with Crippen LogP contribution in [0.3, 0.4) is 0 Å². The van der Waals surface area contributed by atoms with Crippen molar-refractivity contribution in [3.8, 4) is 0 Å². The standard InChI is InChI=1S/C8H7FN2O4/c1-15-8(12)4-2-7(11(13)14)6(10)3-5(4)9/h2-3H,10H2,1H3. The van der Waals surface area contributed by atoms with Gasteiger partial charge in [0.1, 0.15) is 17.1 Å². The molecule has 0 radical (unpaired) electrons. The van der Waals surface area contributed by atoms with Gasteiger partial charge in [-0.2, -0.15) is 0 Å². The first-order valence-corrected chi connectivity index (χ1v) is 3.79. The molecule has 0 fully saturated rings. The van der Waals surface area contributed by atoms with Crippen LogP contribution in [0.4, 0.5) is 15.8 Å². The molecule has 0 atom stereocenters. The Labute approximate surface area is 83.6 Å². The molecule has 6 nitrogen and oxygen atoms in total. The van der Waals surface area contributed by atoms with Gasteiger partial charge in [0.2, 0.25) is 0 Å². The molecular weight excluding hydrogens is 207 g/mol. The Hall–Kier alpha value is -2.18. The molecule has 0 saturated carbocycles. The molecule has 80 valence electrons. The zero-order chi connectivity index (χ0) is 11.6. The molecule has 0 aliphatic heterocycles. The number of halogens is 1. The van der Waals surface area contributed by atoms with E-state index >= 15 is 0 Å². The summed E-state index contributed by atoms with van der Waals surface area (Å²) in [4.78, 5) is 20.6. The van der Waals surface area contributed by atoms with Crippen molar-refractivity contribution >= 4 is 17.3 Å². The van der Waals surface area contributed by atoms with E-state index in [0.29, 0.717) is 6.07 Å². The summed E-state index contributed by atoms with van der Waals surface area (Å²) < 4.78 is 17.4. The van der Waals surface area contributed by atoms with Crippen LogP contribution < -0.4 is 5.73 Å². The molecule has 15 heavy (non-hydrogen) atoms. The van der Waals surface area contributed by atoms with Crippen LogP contribution in [-0.4, -0.2) is 18.0 Å². The third-order valence-corrected chi connectivity index (χ3v) is 1.72. The number of ether oxygens (including phenoxy) is 1. The van der Waals surface area contributed by atoms with Gasteiger partial charge in [0.05, 0.1) is 12.0 Å². The first-order valence-electron chi connectivity index (χ1n) is 3.79. The molecular formula is C8H7FN2O4. The number of carbonyl (C=O) groups excluding carboxylic acids is 1. The highest BCUT2D eigenvalue weighted by Gasteiger charge is 2.20. The number of hydrogen-bond acceptors (Lipinski definition) is 5. The number of rotatable bonds is 2. The summed E-state index contributed by atoms with van der Waals surface area (Å²) in [6.07, 6.45) is 0. The fourth-order valence-electron chi connectivity index (χ4n) is 1.00. The number of methoxy groups -OCH3 is 1. The second kappa shape index (κ2) is 3.91. The molecule has 0 heterocycles. The lowest BCUT2D eigenvalue weighted by molar-refractivity contribution is -0.384. The van der Waals surface area contributed by atoms with Crippen molar-refractivity contribution in [1.82, 2.24) is 0 Å². The number of benzene rings is 1. The topological polar surface area (TPSA) is 95.5 Å². The molecule has 1 rings (SSSR count). The Kier molecular flexibility index (Phi) is 2.84. The monoisotopic (exact) mass is 214 g/mol. The molecule has 1 aromatic carbocycles. The highest BCUT2D eigenvalue weighted by molar-refractivity contribution is 5.91. The maximum Gasteiger partial charge on any atom is 0.341 e. The number of esters is 1. The number of nitrogen functional groups attached to an aromatic ring is 1. The minimum absolute atomic E-state index is 0.342. The molecule has 0 spiro atoms. The Morgan fingerprint density at radius 1 is 1.60 bits per heavy atom. The minimum atomic E-state index is -0.990. The molecule has 2 N–H and O–H groups in total. The average molecular weight is 214 g/mol. The zero-order valence-corrected chi connectivity index (χ0v) is 7.69. The first-order chi connectivity index (χ1) is 6.97. The van der Waals surface area contributed by atoms with Gasteiger partial charge in [-0.05, 0) is 0 Å². The maximum atomic E-state index is 13.1. The largest absolute Gasteiger partial charge is 0.465 e. The number of nitro benzene ring substituents is 1. The summed E-state index contributed by atoms with van der Waals surface area (Å²) in [5, 5.41) is 10.4. The Morgan fingerprint density at radius 2 is 2.20 bits per heavy atom. The van der Waals surface area contributed by atoms with Gasteiger partial charge < -0.3 is 10.5 Å². The molecule has 0 aliphatic carbocycles. The van der Waals surface area contributed by atoms with Gasteiger partial charge >= 0.3 is 5.97 Å². The van der Waals surface area contributed by atoms with Gasteiger partial charge in [0, 0.05) is 12.1 Å². The highest BCUT2D eigenvalue weighted by atomic mass is 19.1. The number of hydrogen-bond donors (Lipinski definition) is 1. The number of anilines is 1. The van der Waals surface area contributed by atoms with E-state index in [1.54, 1.807) is 0 Å². The highest BCUT2D eigenvalue weighted by Crippen LogP contribution is 2.25. The Balaban J connectivity index is 3.36. The minimum Gasteiger partial charge on any atom is -0.465 e. The SMILES string of the molecule is COC(=O)c1cc([N+](=O)[O-])c(N)cc1F. The summed E-state index contributed by atoms with van der Waals surface area (Å²) in [7, 11) is 1.05. The van der Waals surface area contributed by atoms with E-state index in [1.165, 1.54) is 0 Å². The zero-order valence-electron chi connectivity index (χ0n) is 7.69. The van der Waals surface area contributed by atoms with E-state index in [0.717, 1.165) is 13.2 Å². The summed E-state index contributed by atoms with van der Waals surface area (Å²) in [5.74, 6) is -1.94. The van der Waals surface area contributed by atoms with Crippen molar-refractivity contribution in [2.75, 3.05) is 12.8 Å². The van der Waals surface area contributed by atoms with E-state index in [4.69, 9.17) is 5.73 Å². The summed E-state index contributed by atoms with van der Waals surface area (Å²) in [6.45, 7) is 0. The van der Waals surface area contributed by atoms with Crippen molar-refractivity contribution in [2.24, 2.45) is 0 Å². The quantitative estimate of drug-likeness (QED) is 0.344. The lowest BCUT2D eigenvalue weighted by Gasteiger charge is -2.02. The van der Waals surface area contributed by atoms with E-state index < -0.39 is 28.0 Å². The van der Waals surface area contributed by atoms with Crippen molar-refractivity contribution in [2.45, 2.75) is 0 Å². The third-order valence-electron chi connectivity index (χ3n) is 1.72. The normalized spacial score (nSPS) is 9.73. The first kappa shape index (κ1) is 10.9. The molecule has 0 amide bonds. The third kappa shape index (κ3) is 2.01. The lowest BCUT2D eigenvalue weighted by Crippen LogP contribution is -2.07. The van der Waals surface area contributed by atoms with Gasteiger partial charge in [-0.3, -0.25) is 10.1 Å². The van der Waals surface area contributed by atoms with Crippen molar-refractivity contribution in [3.63, 3.8) is 0 Å². The van der Waals surface area contributed by atoms with Crippen LogP contribution in [-0.2, 0) is 4.74 Å². The fourth-order valence-corrected chi connectivity index (χ4v) is 1.00. The summed E-state index contributed by atoms with van der Waals surface area (Å²) in [5.41, 5.74) is 3.81. The van der Waals surface area contributed by atoms with Crippen LogP contribution in [0.5, 0.6) is 0 Å². The number of carbonyl (C=O) groups is 1. The maximum absolute atomic E-state index is 13.1. The van der Waals surface area contributed by atoms with Gasteiger partial charge in [0.15, 0.2) is 0 Å². The Bertz CT molecular complexity index is 433. The molecule has 0 aliphatic rings. The van der Waals surface area contributed by atoms with Crippen LogP contribution in [0.15, 0.2) is 12.1 Å². The van der Waals surface area contributed by atoms with Crippen LogP contribution in [0.2, 0.25) is 0 Å². The van der Waals surface area contributed by atoms with E-state index in [9.17, 15) is 19.3 Å². The molecule has 0 unspecified atom stereocenters. The van der Waals surface area contributed by atoms with Crippen LogP contribution >= 0.6 is 0 Å². The average Bonchev–Trinajstić information content (AvgIpc) is 2.16. The van der Waals surface area contributed by atoms with Crippen LogP contribution in [0, 0.1) is 15.9 Å². The molecule has 0 bridgehead atoms. The smallest absolute Gasteiger partial charge is 0.341 e. The summed E-state index contributed by atoms with van der Waals surface area (Å²) >= 11 is 0. The summed E-state index contributed by atoms with van der Waals surface area (Å²) in [6, 6.07) is 1.46. The van der Waals surface area contributed by atoms with Crippen LogP contribution in [0.25, 0.3) is 0 Å². The Morgan fingerprint density at radius 3 is 2.67 bits per heavy atom. The molecule has 0 aromatic heterocycles. The lowest BCUT2D eigenvalue weighted by atomic mass is 10.1. The molecule has 7 heteroatoms. The van der Waals surface area contributed by atoms with E-state index in [2.05, 4.69) is 4.74 Å². The van der Waals surface area contributed by atoms with Crippen LogP contribution in [0.1, 0.15) is 10.4 Å². The second-order valence-electron chi connectivity index (χ2n) is 2.64. The van der Waals surface area contributed by atoms with Gasteiger partial charge in [-0.1, -0.05) is 0 Å². The molecule has 1 aromatic rings. The van der Waals surface area contributed by atoms with Crippen molar-refractivity contribution in [3.05, 3.63) is 33.6 Å². The number of nitrogens with two attached hydrogens (primary N) is 1. The number of nitrogens with zero attached hydrogens (tertiary/aromatic N) is 1. The van der Waals surface area contributed by atoms with E-state index in [-0.39, 0.29) is 5.69 Å². The van der Waals surface area contributed by atoms with Crippen molar-refractivity contribution < 1.29 is 18.8 Å². The predicted octanol–water partition coefficient (Wildman–Crippen LogP) is 1.10. The van der Waals surface area contributed by atoms with Gasteiger partial charge in [-0.25, -0.2) is 9.18 Å².